The zero-order valence-electron chi connectivity index (χ0n) is 18.9. The molecular formula is C25H34O6. The number of hydrogen-bond acceptors (Lipinski definition) is 6. The zero-order valence-corrected chi connectivity index (χ0v) is 18.9. The summed E-state index contributed by atoms with van der Waals surface area (Å²) in [5.41, 5.74) is 1.02. The molecule has 170 valence electrons. The Morgan fingerprint density at radius 3 is 2.61 bits per heavy atom. The summed E-state index contributed by atoms with van der Waals surface area (Å²) in [5, 5.41) is 18.7. The topological polar surface area (TPSA) is 101 Å². The lowest BCUT2D eigenvalue weighted by Crippen LogP contribution is -2.50. The molecular weight excluding hydrogens is 396 g/mol. The predicted octanol–water partition coefficient (Wildman–Crippen LogP) is 2.97. The Labute approximate surface area is 183 Å². The number of esters is 1. The Kier molecular flexibility index (Phi) is 5.33. The van der Waals surface area contributed by atoms with Gasteiger partial charge in [-0.2, -0.15) is 0 Å². The maximum absolute atomic E-state index is 13.1. The van der Waals surface area contributed by atoms with E-state index in [0.717, 1.165) is 39.0 Å². The number of carbonyl (C=O) groups excluding carboxylic acids is 3. The monoisotopic (exact) mass is 430 g/mol. The molecule has 3 saturated carbocycles. The van der Waals surface area contributed by atoms with Gasteiger partial charge in [-0.3, -0.25) is 9.59 Å². The summed E-state index contributed by atoms with van der Waals surface area (Å²) >= 11 is 0. The van der Waals surface area contributed by atoms with Crippen LogP contribution in [0.25, 0.3) is 0 Å². The van der Waals surface area contributed by atoms with Crippen LogP contribution in [0.4, 0.5) is 0 Å². The molecule has 0 spiro atoms. The van der Waals surface area contributed by atoms with Gasteiger partial charge in [0.25, 0.3) is 5.79 Å². The second-order valence-corrected chi connectivity index (χ2v) is 10.9. The van der Waals surface area contributed by atoms with E-state index < -0.39 is 18.4 Å². The SMILES string of the molecule is C[C@H]1C[C@H]2[C@@H]3CCC4=CC(=O)C=C[C@]4(C)[C@H]3CC[C@]2(C)[C@H]1C(=O)COC(=O)C(C)(O)O. The Bertz CT molecular complexity index is 864. The van der Waals surface area contributed by atoms with Crippen LogP contribution in [-0.4, -0.2) is 40.1 Å². The molecule has 0 aromatic heterocycles. The van der Waals surface area contributed by atoms with Crippen LogP contribution < -0.4 is 0 Å². The Balaban J connectivity index is 1.54. The zero-order chi connectivity index (χ0) is 22.8. The summed E-state index contributed by atoms with van der Waals surface area (Å²) in [6.07, 6.45) is 10.5. The highest BCUT2D eigenvalue weighted by atomic mass is 16.6. The van der Waals surface area contributed by atoms with Crippen molar-refractivity contribution in [1.82, 2.24) is 0 Å². The van der Waals surface area contributed by atoms with E-state index in [1.54, 1.807) is 6.08 Å². The standard InChI is InChI=1S/C25H34O6/c1-14-11-19-17-6-5-15-12-16(26)7-9-23(15,2)18(17)8-10-24(19,3)21(14)20(27)13-31-22(28)25(4,29)30/h7,9,12,14,17-19,21,29-30H,5-6,8,10-11,13H2,1-4H3/t14-,17+,18-,19-,21+,23-,24-/m0/s1. The van der Waals surface area contributed by atoms with Crippen LogP contribution in [0.3, 0.4) is 0 Å². The van der Waals surface area contributed by atoms with Crippen molar-refractivity contribution < 1.29 is 29.3 Å². The van der Waals surface area contributed by atoms with Crippen LogP contribution in [0.2, 0.25) is 0 Å². The van der Waals surface area contributed by atoms with Gasteiger partial charge in [-0.1, -0.05) is 32.4 Å². The van der Waals surface area contributed by atoms with Gasteiger partial charge in [-0.05, 0) is 73.3 Å². The third kappa shape index (κ3) is 3.52. The minimum absolute atomic E-state index is 0.0776. The second-order valence-electron chi connectivity index (χ2n) is 10.9. The van der Waals surface area contributed by atoms with Crippen LogP contribution >= 0.6 is 0 Å². The van der Waals surface area contributed by atoms with Gasteiger partial charge < -0.3 is 14.9 Å². The predicted molar refractivity (Wildman–Crippen MR) is 113 cm³/mol. The van der Waals surface area contributed by atoms with Gasteiger partial charge in [0.2, 0.25) is 0 Å². The summed E-state index contributed by atoms with van der Waals surface area (Å²) in [5.74, 6) is -2.47. The molecule has 0 unspecified atom stereocenters. The molecule has 6 nitrogen and oxygen atoms in total. The smallest absolute Gasteiger partial charge is 0.366 e. The van der Waals surface area contributed by atoms with Crippen molar-refractivity contribution in [3.8, 4) is 0 Å². The molecule has 0 amide bonds. The third-order valence-electron chi connectivity index (χ3n) is 8.98. The summed E-state index contributed by atoms with van der Waals surface area (Å²) < 4.78 is 4.92. The van der Waals surface area contributed by atoms with Crippen LogP contribution in [0.1, 0.15) is 59.8 Å². The van der Waals surface area contributed by atoms with Crippen molar-refractivity contribution in [3.63, 3.8) is 0 Å². The van der Waals surface area contributed by atoms with Gasteiger partial charge in [0.15, 0.2) is 11.6 Å². The molecule has 6 heteroatoms. The van der Waals surface area contributed by atoms with E-state index in [0.29, 0.717) is 17.8 Å². The van der Waals surface area contributed by atoms with Gasteiger partial charge in [0.1, 0.15) is 6.61 Å². The quantitative estimate of drug-likeness (QED) is 0.525. The second kappa shape index (κ2) is 7.38. The fourth-order valence-corrected chi connectivity index (χ4v) is 7.61. The number of allylic oxidation sites excluding steroid dienone is 4. The first-order valence-corrected chi connectivity index (χ1v) is 11.5. The van der Waals surface area contributed by atoms with Crippen molar-refractivity contribution in [2.75, 3.05) is 6.61 Å². The van der Waals surface area contributed by atoms with Gasteiger partial charge >= 0.3 is 5.97 Å². The van der Waals surface area contributed by atoms with Crippen LogP contribution in [0.15, 0.2) is 23.8 Å². The van der Waals surface area contributed by atoms with Gasteiger partial charge in [-0.15, -0.1) is 0 Å². The molecule has 0 saturated heterocycles. The summed E-state index contributed by atoms with van der Waals surface area (Å²) in [4.78, 5) is 36.8. The molecule has 4 aliphatic carbocycles. The fraction of sp³-hybridized carbons (Fsp3) is 0.720. The molecule has 4 rings (SSSR count). The molecule has 0 aromatic rings. The van der Waals surface area contributed by atoms with E-state index >= 15 is 0 Å². The van der Waals surface area contributed by atoms with Crippen molar-refractivity contribution in [3.05, 3.63) is 23.8 Å². The number of aliphatic hydroxyl groups is 2. The van der Waals surface area contributed by atoms with E-state index in [9.17, 15) is 24.6 Å². The Morgan fingerprint density at radius 2 is 1.94 bits per heavy atom. The van der Waals surface area contributed by atoms with E-state index in [2.05, 4.69) is 26.8 Å². The average molecular weight is 431 g/mol. The molecule has 31 heavy (non-hydrogen) atoms. The van der Waals surface area contributed by atoms with E-state index in [1.165, 1.54) is 5.57 Å². The minimum Gasteiger partial charge on any atom is -0.454 e. The van der Waals surface area contributed by atoms with E-state index in [4.69, 9.17) is 4.74 Å². The van der Waals surface area contributed by atoms with Gasteiger partial charge in [0, 0.05) is 18.3 Å². The Morgan fingerprint density at radius 1 is 1.23 bits per heavy atom. The lowest BCUT2D eigenvalue weighted by molar-refractivity contribution is -0.203. The molecule has 0 aliphatic heterocycles. The van der Waals surface area contributed by atoms with Crippen molar-refractivity contribution >= 4 is 17.5 Å². The average Bonchev–Trinajstić information content (AvgIpc) is 2.95. The first kappa shape index (κ1) is 22.4. The van der Waals surface area contributed by atoms with Gasteiger partial charge in [-0.25, -0.2) is 4.79 Å². The van der Waals surface area contributed by atoms with Crippen LogP contribution in [0, 0.1) is 40.4 Å². The molecule has 3 fully saturated rings. The lowest BCUT2D eigenvalue weighted by atomic mass is 9.47. The summed E-state index contributed by atoms with van der Waals surface area (Å²) in [7, 11) is 0. The summed E-state index contributed by atoms with van der Waals surface area (Å²) in [6.45, 7) is 7.10. The normalized spacial score (nSPS) is 41.7. The number of rotatable bonds is 4. The number of fused-ring (bicyclic) bond motifs is 5. The van der Waals surface area contributed by atoms with Crippen molar-refractivity contribution in [1.29, 1.82) is 0 Å². The molecule has 0 radical (unpaired) electrons. The molecule has 4 aliphatic rings. The van der Waals surface area contributed by atoms with Crippen LogP contribution in [-0.2, 0) is 19.1 Å². The number of carbonyl (C=O) groups is 3. The number of Topliss-reactive ketones (excluding diaryl/α,β-unsaturated/α-hetero) is 1. The third-order valence-corrected chi connectivity index (χ3v) is 8.98. The molecule has 0 bridgehead atoms. The Hall–Kier alpha value is -1.79. The number of ketones is 2. The lowest BCUT2D eigenvalue weighted by Gasteiger charge is -2.56. The van der Waals surface area contributed by atoms with Crippen molar-refractivity contribution in [2.24, 2.45) is 40.4 Å². The number of hydrogen-bond donors (Lipinski definition) is 2. The van der Waals surface area contributed by atoms with Crippen LogP contribution in [0.5, 0.6) is 0 Å². The maximum Gasteiger partial charge on any atom is 0.366 e. The molecule has 7 atom stereocenters. The highest BCUT2D eigenvalue weighted by Crippen LogP contribution is 2.67. The largest absolute Gasteiger partial charge is 0.454 e. The maximum atomic E-state index is 13.1. The van der Waals surface area contributed by atoms with Gasteiger partial charge in [0.05, 0.1) is 0 Å². The first-order valence-electron chi connectivity index (χ1n) is 11.5. The number of ether oxygens (including phenoxy) is 1. The molecule has 0 heterocycles. The molecule has 2 N–H and O–H groups in total. The van der Waals surface area contributed by atoms with E-state index in [1.807, 2.05) is 6.08 Å². The van der Waals surface area contributed by atoms with Crippen molar-refractivity contribution in [2.45, 2.75) is 65.6 Å². The van der Waals surface area contributed by atoms with E-state index in [-0.39, 0.29) is 34.2 Å². The summed E-state index contributed by atoms with van der Waals surface area (Å²) in [6, 6.07) is 0. The molecule has 0 aromatic carbocycles. The fourth-order valence-electron chi connectivity index (χ4n) is 7.61. The highest BCUT2D eigenvalue weighted by molar-refractivity contribution is 6.01. The minimum atomic E-state index is -2.59. The highest BCUT2D eigenvalue weighted by Gasteiger charge is 2.61. The first-order chi connectivity index (χ1) is 14.4.